The fraction of sp³-hybridized carbons (Fsp3) is 0.421. The first-order valence-corrected chi connectivity index (χ1v) is 8.19. The van der Waals surface area contributed by atoms with Crippen molar-refractivity contribution in [3.05, 3.63) is 47.2 Å². The SMILES string of the molecule is C/C=C1/CN(C)[C@@H]2C[C@H]1[C@H](C(=O)OC)c1c2[nH]c2ccccc12. The van der Waals surface area contributed by atoms with Crippen molar-refractivity contribution in [2.75, 3.05) is 20.7 Å². The fourth-order valence-corrected chi connectivity index (χ4v) is 4.47. The number of carbonyl (C=O) groups is 1. The van der Waals surface area contributed by atoms with E-state index in [2.05, 4.69) is 42.1 Å². The van der Waals surface area contributed by atoms with E-state index in [-0.39, 0.29) is 17.8 Å². The molecule has 1 aromatic heterocycles. The van der Waals surface area contributed by atoms with Crippen LogP contribution in [0.15, 0.2) is 35.9 Å². The Morgan fingerprint density at radius 2 is 2.17 bits per heavy atom. The zero-order chi connectivity index (χ0) is 16.1. The van der Waals surface area contributed by atoms with E-state index >= 15 is 0 Å². The number of aromatic amines is 1. The minimum Gasteiger partial charge on any atom is -0.469 e. The van der Waals surface area contributed by atoms with Crippen molar-refractivity contribution in [1.82, 2.24) is 9.88 Å². The molecule has 2 bridgehead atoms. The minimum absolute atomic E-state index is 0.122. The maximum atomic E-state index is 12.6. The molecule has 120 valence electrons. The number of carbonyl (C=O) groups excluding carboxylic acids is 1. The molecule has 2 aromatic rings. The van der Waals surface area contributed by atoms with Crippen molar-refractivity contribution in [3.8, 4) is 0 Å². The number of nitrogens with one attached hydrogen (secondary N) is 1. The molecule has 0 amide bonds. The smallest absolute Gasteiger partial charge is 0.313 e. The van der Waals surface area contributed by atoms with Gasteiger partial charge in [0.05, 0.1) is 19.1 Å². The number of H-pyrrole nitrogens is 1. The van der Waals surface area contributed by atoms with Crippen LogP contribution in [0.1, 0.15) is 36.6 Å². The van der Waals surface area contributed by atoms with E-state index < -0.39 is 0 Å². The fourth-order valence-electron chi connectivity index (χ4n) is 4.47. The van der Waals surface area contributed by atoms with Gasteiger partial charge >= 0.3 is 5.97 Å². The Hall–Kier alpha value is -2.07. The van der Waals surface area contributed by atoms with Crippen LogP contribution in [0.3, 0.4) is 0 Å². The molecular formula is C19H22N2O2. The van der Waals surface area contributed by atoms with Crippen LogP contribution in [0.2, 0.25) is 0 Å². The number of methoxy groups -OCH3 is 1. The number of aromatic nitrogens is 1. The third kappa shape index (κ3) is 1.98. The van der Waals surface area contributed by atoms with E-state index in [9.17, 15) is 4.79 Å². The molecule has 1 aliphatic heterocycles. The van der Waals surface area contributed by atoms with Gasteiger partial charge in [-0.05, 0) is 32.0 Å². The molecular weight excluding hydrogens is 288 g/mol. The summed E-state index contributed by atoms with van der Waals surface area (Å²) in [7, 11) is 3.66. The van der Waals surface area contributed by atoms with Gasteiger partial charge in [-0.1, -0.05) is 29.8 Å². The van der Waals surface area contributed by atoms with Crippen LogP contribution >= 0.6 is 0 Å². The molecule has 0 radical (unpaired) electrons. The average Bonchev–Trinajstić information content (AvgIpc) is 2.96. The Balaban J connectivity index is 2.00. The number of hydrogen-bond acceptors (Lipinski definition) is 3. The van der Waals surface area contributed by atoms with Gasteiger partial charge in [0.2, 0.25) is 0 Å². The summed E-state index contributed by atoms with van der Waals surface area (Å²) < 4.78 is 5.18. The molecule has 3 atom stereocenters. The first-order chi connectivity index (χ1) is 11.2. The Bertz CT molecular complexity index is 805. The van der Waals surface area contributed by atoms with Gasteiger partial charge in [0, 0.05) is 29.1 Å². The van der Waals surface area contributed by atoms with Gasteiger partial charge in [-0.2, -0.15) is 0 Å². The highest BCUT2D eigenvalue weighted by atomic mass is 16.5. The van der Waals surface area contributed by atoms with Crippen molar-refractivity contribution in [2.24, 2.45) is 5.92 Å². The van der Waals surface area contributed by atoms with Crippen molar-refractivity contribution >= 4 is 16.9 Å². The average molecular weight is 310 g/mol. The van der Waals surface area contributed by atoms with Crippen LogP contribution in [0, 0.1) is 5.92 Å². The molecule has 23 heavy (non-hydrogen) atoms. The number of rotatable bonds is 1. The monoisotopic (exact) mass is 310 g/mol. The number of likely N-dealkylation sites (N-methyl/N-ethyl adjacent to an activating group) is 1. The molecule has 1 aliphatic carbocycles. The van der Waals surface area contributed by atoms with Gasteiger partial charge in [-0.15, -0.1) is 0 Å². The Labute approximate surface area is 136 Å². The van der Waals surface area contributed by atoms with Gasteiger partial charge in [-0.3, -0.25) is 9.69 Å². The summed E-state index contributed by atoms with van der Waals surface area (Å²) in [5, 5.41) is 1.15. The molecule has 1 aromatic carbocycles. The Morgan fingerprint density at radius 1 is 1.39 bits per heavy atom. The maximum Gasteiger partial charge on any atom is 0.313 e. The summed E-state index contributed by atoms with van der Waals surface area (Å²) in [5.74, 6) is -0.0917. The molecule has 0 saturated carbocycles. The topological polar surface area (TPSA) is 45.3 Å². The Morgan fingerprint density at radius 3 is 2.91 bits per heavy atom. The molecule has 4 heteroatoms. The lowest BCUT2D eigenvalue weighted by molar-refractivity contribution is -0.144. The second-order valence-corrected chi connectivity index (χ2v) is 6.64. The predicted molar refractivity (Wildman–Crippen MR) is 90.3 cm³/mol. The lowest BCUT2D eigenvalue weighted by atomic mass is 9.68. The highest BCUT2D eigenvalue weighted by Crippen LogP contribution is 2.52. The predicted octanol–water partition coefficient (Wildman–Crippen LogP) is 3.38. The second kappa shape index (κ2) is 5.24. The highest BCUT2D eigenvalue weighted by Gasteiger charge is 2.47. The van der Waals surface area contributed by atoms with Gasteiger partial charge in [0.25, 0.3) is 0 Å². The second-order valence-electron chi connectivity index (χ2n) is 6.64. The van der Waals surface area contributed by atoms with E-state index in [1.54, 1.807) is 0 Å². The van der Waals surface area contributed by atoms with E-state index in [0.29, 0.717) is 6.04 Å². The molecule has 1 N–H and O–H groups in total. The molecule has 0 spiro atoms. The highest BCUT2D eigenvalue weighted by molar-refractivity contribution is 5.92. The van der Waals surface area contributed by atoms with Crippen molar-refractivity contribution < 1.29 is 9.53 Å². The van der Waals surface area contributed by atoms with E-state index in [4.69, 9.17) is 4.74 Å². The molecule has 4 rings (SSSR count). The van der Waals surface area contributed by atoms with Crippen LogP contribution in [-0.4, -0.2) is 36.6 Å². The first-order valence-electron chi connectivity index (χ1n) is 8.19. The van der Waals surface area contributed by atoms with Crippen LogP contribution in [0.25, 0.3) is 10.9 Å². The number of hydrogen-bond donors (Lipinski definition) is 1. The lowest BCUT2D eigenvalue weighted by Gasteiger charge is -2.45. The zero-order valence-electron chi connectivity index (χ0n) is 13.8. The standard InChI is InChI=1S/C19H22N2O2/c1-4-11-10-21(2)15-9-13(11)17(19(22)23-3)16-12-7-5-6-8-14(12)20-18(15)16/h4-8,13,15,17,20H,9-10H2,1-3H3/b11-4-/t13-,15-,17+/m1/s1. The number of piperidine rings is 1. The molecule has 1 fully saturated rings. The number of nitrogens with zero attached hydrogens (tertiary/aromatic N) is 1. The normalized spacial score (nSPS) is 28.8. The summed E-state index contributed by atoms with van der Waals surface area (Å²) in [6, 6.07) is 8.60. The summed E-state index contributed by atoms with van der Waals surface area (Å²) in [4.78, 5) is 18.6. The number of esters is 1. The molecule has 2 heterocycles. The largest absolute Gasteiger partial charge is 0.469 e. The number of benzene rings is 1. The summed E-state index contributed by atoms with van der Waals surface area (Å²) in [5.41, 5.74) is 4.78. The molecule has 4 nitrogen and oxygen atoms in total. The van der Waals surface area contributed by atoms with E-state index in [1.807, 2.05) is 12.1 Å². The summed E-state index contributed by atoms with van der Waals surface area (Å²) in [6.07, 6.45) is 3.14. The van der Waals surface area contributed by atoms with Gasteiger partial charge < -0.3 is 9.72 Å². The number of fused-ring (bicyclic) bond motifs is 6. The van der Waals surface area contributed by atoms with Gasteiger partial charge in [0.1, 0.15) is 0 Å². The van der Waals surface area contributed by atoms with Crippen LogP contribution in [0.5, 0.6) is 0 Å². The van der Waals surface area contributed by atoms with Crippen molar-refractivity contribution in [3.63, 3.8) is 0 Å². The zero-order valence-corrected chi connectivity index (χ0v) is 13.8. The van der Waals surface area contributed by atoms with Crippen LogP contribution in [0.4, 0.5) is 0 Å². The third-order valence-electron chi connectivity index (χ3n) is 5.57. The summed E-state index contributed by atoms with van der Waals surface area (Å²) in [6.45, 7) is 2.98. The number of allylic oxidation sites excluding steroid dienone is 1. The number of para-hydroxylation sites is 1. The lowest BCUT2D eigenvalue weighted by Crippen LogP contribution is -2.43. The Kier molecular flexibility index (Phi) is 3.31. The molecule has 0 unspecified atom stereocenters. The first kappa shape index (κ1) is 14.5. The van der Waals surface area contributed by atoms with Gasteiger partial charge in [-0.25, -0.2) is 0 Å². The quantitative estimate of drug-likeness (QED) is 0.649. The maximum absolute atomic E-state index is 12.6. The third-order valence-corrected chi connectivity index (χ3v) is 5.57. The van der Waals surface area contributed by atoms with E-state index in [1.165, 1.54) is 18.4 Å². The number of ether oxygens (including phenoxy) is 1. The van der Waals surface area contributed by atoms with Crippen molar-refractivity contribution in [1.29, 1.82) is 0 Å². The molecule has 1 saturated heterocycles. The van der Waals surface area contributed by atoms with Crippen LogP contribution < -0.4 is 0 Å². The van der Waals surface area contributed by atoms with E-state index in [0.717, 1.165) is 29.4 Å². The number of likely N-dealkylation sites (tertiary alicyclic amines) is 1. The van der Waals surface area contributed by atoms with Crippen LogP contribution in [-0.2, 0) is 9.53 Å². The molecule has 2 aliphatic rings. The van der Waals surface area contributed by atoms with Gasteiger partial charge in [0.15, 0.2) is 0 Å². The van der Waals surface area contributed by atoms with Crippen molar-refractivity contribution in [2.45, 2.75) is 25.3 Å². The summed E-state index contributed by atoms with van der Waals surface area (Å²) >= 11 is 0. The minimum atomic E-state index is -0.206.